The van der Waals surface area contributed by atoms with Gasteiger partial charge in [0.2, 0.25) is 0 Å². The van der Waals surface area contributed by atoms with Crippen LogP contribution in [0.1, 0.15) is 50.7 Å². The summed E-state index contributed by atoms with van der Waals surface area (Å²) < 4.78 is 5.83. The van der Waals surface area contributed by atoms with Gasteiger partial charge in [-0.3, -0.25) is 0 Å². The molecule has 1 atom stereocenters. The Morgan fingerprint density at radius 3 is 2.56 bits per heavy atom. The van der Waals surface area contributed by atoms with E-state index < -0.39 is 0 Å². The number of halogens is 1. The lowest BCUT2D eigenvalue weighted by molar-refractivity contribution is 0.0558. The molecule has 2 N–H and O–H groups in total. The SMILES string of the molecule is CCCCCCCOC(CN)c1ccccc1Cl. The molecule has 0 fully saturated rings. The van der Waals surface area contributed by atoms with Gasteiger partial charge in [-0.25, -0.2) is 0 Å². The first-order valence-corrected chi connectivity index (χ1v) is 7.23. The van der Waals surface area contributed by atoms with Gasteiger partial charge in [0.1, 0.15) is 0 Å². The van der Waals surface area contributed by atoms with E-state index in [0.717, 1.165) is 23.6 Å². The van der Waals surface area contributed by atoms with Gasteiger partial charge in [0.15, 0.2) is 0 Å². The normalized spacial score (nSPS) is 12.6. The summed E-state index contributed by atoms with van der Waals surface area (Å²) in [6, 6.07) is 7.75. The average Bonchev–Trinajstić information content (AvgIpc) is 2.39. The Balaban J connectivity index is 2.32. The minimum absolute atomic E-state index is 0.0788. The number of nitrogens with two attached hydrogens (primary N) is 1. The van der Waals surface area contributed by atoms with Gasteiger partial charge in [-0.05, 0) is 12.5 Å². The van der Waals surface area contributed by atoms with E-state index in [1.54, 1.807) is 0 Å². The van der Waals surface area contributed by atoms with Crippen LogP contribution in [0, 0.1) is 0 Å². The van der Waals surface area contributed by atoms with Crippen LogP contribution >= 0.6 is 11.6 Å². The molecule has 1 unspecified atom stereocenters. The number of ether oxygens (including phenoxy) is 1. The summed E-state index contributed by atoms with van der Waals surface area (Å²) in [7, 11) is 0. The lowest BCUT2D eigenvalue weighted by atomic mass is 10.1. The van der Waals surface area contributed by atoms with Crippen LogP contribution in [0.2, 0.25) is 5.02 Å². The molecule has 18 heavy (non-hydrogen) atoms. The summed E-state index contributed by atoms with van der Waals surface area (Å²) in [5, 5.41) is 0.735. The van der Waals surface area contributed by atoms with Crippen LogP contribution in [0.15, 0.2) is 24.3 Å². The fraction of sp³-hybridized carbons (Fsp3) is 0.600. The molecule has 0 aliphatic rings. The van der Waals surface area contributed by atoms with Crippen LogP contribution in [0.25, 0.3) is 0 Å². The van der Waals surface area contributed by atoms with Gasteiger partial charge in [0.25, 0.3) is 0 Å². The molecule has 0 spiro atoms. The smallest absolute Gasteiger partial charge is 0.0961 e. The van der Waals surface area contributed by atoms with Crippen LogP contribution in [-0.4, -0.2) is 13.2 Å². The van der Waals surface area contributed by atoms with Crippen LogP contribution in [0.4, 0.5) is 0 Å². The van der Waals surface area contributed by atoms with Crippen molar-refractivity contribution in [2.75, 3.05) is 13.2 Å². The van der Waals surface area contributed by atoms with E-state index in [1.165, 1.54) is 25.7 Å². The van der Waals surface area contributed by atoms with Crippen molar-refractivity contribution in [2.24, 2.45) is 5.73 Å². The van der Waals surface area contributed by atoms with Gasteiger partial charge in [-0.2, -0.15) is 0 Å². The van der Waals surface area contributed by atoms with Gasteiger partial charge in [0, 0.05) is 23.7 Å². The molecule has 0 saturated heterocycles. The van der Waals surface area contributed by atoms with Crippen molar-refractivity contribution >= 4 is 11.6 Å². The zero-order chi connectivity index (χ0) is 13.2. The highest BCUT2D eigenvalue weighted by Crippen LogP contribution is 2.24. The van der Waals surface area contributed by atoms with E-state index in [1.807, 2.05) is 24.3 Å². The number of benzene rings is 1. The molecule has 0 aromatic heterocycles. The number of hydrogen-bond donors (Lipinski definition) is 1. The third-order valence-electron chi connectivity index (χ3n) is 3.03. The Hall–Kier alpha value is -0.570. The molecular weight excluding hydrogens is 246 g/mol. The number of unbranched alkanes of at least 4 members (excludes halogenated alkanes) is 4. The van der Waals surface area contributed by atoms with Crippen molar-refractivity contribution in [1.82, 2.24) is 0 Å². The minimum Gasteiger partial charge on any atom is -0.372 e. The van der Waals surface area contributed by atoms with E-state index >= 15 is 0 Å². The summed E-state index contributed by atoms with van der Waals surface area (Å²) in [5.41, 5.74) is 6.75. The molecule has 3 heteroatoms. The van der Waals surface area contributed by atoms with Gasteiger partial charge in [0.05, 0.1) is 6.10 Å². The maximum Gasteiger partial charge on any atom is 0.0961 e. The van der Waals surface area contributed by atoms with E-state index in [-0.39, 0.29) is 6.10 Å². The minimum atomic E-state index is -0.0788. The Labute approximate surface area is 115 Å². The third-order valence-corrected chi connectivity index (χ3v) is 3.38. The predicted molar refractivity (Wildman–Crippen MR) is 78.0 cm³/mol. The predicted octanol–water partition coefficient (Wildman–Crippen LogP) is 4.33. The number of rotatable bonds is 9. The molecule has 1 aromatic rings. The highest BCUT2D eigenvalue weighted by Gasteiger charge is 2.12. The Morgan fingerprint density at radius 2 is 1.89 bits per heavy atom. The molecule has 2 nitrogen and oxygen atoms in total. The molecule has 1 aromatic carbocycles. The molecule has 0 aliphatic heterocycles. The largest absolute Gasteiger partial charge is 0.372 e. The summed E-state index contributed by atoms with van der Waals surface area (Å²) in [4.78, 5) is 0. The van der Waals surface area contributed by atoms with Gasteiger partial charge in [-0.15, -0.1) is 0 Å². The van der Waals surface area contributed by atoms with Crippen LogP contribution < -0.4 is 5.73 Å². The summed E-state index contributed by atoms with van der Waals surface area (Å²) >= 11 is 6.14. The van der Waals surface area contributed by atoms with E-state index in [0.29, 0.717) is 6.54 Å². The molecule has 0 amide bonds. The highest BCUT2D eigenvalue weighted by molar-refractivity contribution is 6.31. The second-order valence-electron chi connectivity index (χ2n) is 4.53. The molecule has 102 valence electrons. The molecule has 0 heterocycles. The van der Waals surface area contributed by atoms with E-state index in [2.05, 4.69) is 6.92 Å². The second kappa shape index (κ2) is 9.37. The third kappa shape index (κ3) is 5.38. The lowest BCUT2D eigenvalue weighted by Gasteiger charge is -2.17. The first-order valence-electron chi connectivity index (χ1n) is 6.85. The van der Waals surface area contributed by atoms with Crippen LogP contribution in [0.5, 0.6) is 0 Å². The Bertz CT molecular complexity index is 330. The first kappa shape index (κ1) is 15.5. The molecule has 0 saturated carbocycles. The van der Waals surface area contributed by atoms with Crippen LogP contribution in [-0.2, 0) is 4.74 Å². The van der Waals surface area contributed by atoms with E-state index in [9.17, 15) is 0 Å². The fourth-order valence-electron chi connectivity index (χ4n) is 1.95. The van der Waals surface area contributed by atoms with E-state index in [4.69, 9.17) is 22.1 Å². The zero-order valence-corrected chi connectivity index (χ0v) is 12.0. The monoisotopic (exact) mass is 269 g/mol. The van der Waals surface area contributed by atoms with Crippen molar-refractivity contribution in [2.45, 2.75) is 45.1 Å². The first-order chi connectivity index (χ1) is 8.79. The maximum atomic E-state index is 6.14. The Morgan fingerprint density at radius 1 is 1.17 bits per heavy atom. The van der Waals surface area contributed by atoms with Crippen molar-refractivity contribution in [3.05, 3.63) is 34.9 Å². The summed E-state index contributed by atoms with van der Waals surface area (Å²) in [6.45, 7) is 3.45. The fourth-order valence-corrected chi connectivity index (χ4v) is 2.21. The molecule has 0 aliphatic carbocycles. The highest BCUT2D eigenvalue weighted by atomic mass is 35.5. The van der Waals surface area contributed by atoms with Crippen molar-refractivity contribution in [1.29, 1.82) is 0 Å². The van der Waals surface area contributed by atoms with Gasteiger partial charge in [-0.1, -0.05) is 62.4 Å². The second-order valence-corrected chi connectivity index (χ2v) is 4.94. The quantitative estimate of drug-likeness (QED) is 0.678. The topological polar surface area (TPSA) is 35.2 Å². The summed E-state index contributed by atoms with van der Waals surface area (Å²) in [5.74, 6) is 0. The lowest BCUT2D eigenvalue weighted by Crippen LogP contribution is -2.16. The molecule has 0 radical (unpaired) electrons. The maximum absolute atomic E-state index is 6.14. The Kier molecular flexibility index (Phi) is 8.06. The molecular formula is C15H24ClNO. The van der Waals surface area contributed by atoms with Gasteiger partial charge < -0.3 is 10.5 Å². The average molecular weight is 270 g/mol. The molecule has 1 rings (SSSR count). The molecule has 0 bridgehead atoms. The standard InChI is InChI=1S/C15H24ClNO/c1-2-3-4-5-8-11-18-15(12-17)13-9-6-7-10-14(13)16/h6-7,9-10,15H,2-5,8,11-12,17H2,1H3. The zero-order valence-electron chi connectivity index (χ0n) is 11.2. The van der Waals surface area contributed by atoms with Gasteiger partial charge >= 0.3 is 0 Å². The van der Waals surface area contributed by atoms with Crippen LogP contribution in [0.3, 0.4) is 0 Å². The van der Waals surface area contributed by atoms with Crippen molar-refractivity contribution in [3.63, 3.8) is 0 Å². The number of hydrogen-bond acceptors (Lipinski definition) is 2. The van der Waals surface area contributed by atoms with Crippen molar-refractivity contribution in [3.8, 4) is 0 Å². The van der Waals surface area contributed by atoms with Crippen molar-refractivity contribution < 1.29 is 4.74 Å². The summed E-state index contributed by atoms with van der Waals surface area (Å²) in [6.07, 6.45) is 6.12.